The van der Waals surface area contributed by atoms with Gasteiger partial charge in [0.1, 0.15) is 11.5 Å². The van der Waals surface area contributed by atoms with E-state index in [1.807, 2.05) is 48.5 Å². The number of carbonyl (C=O) groups is 2. The molecule has 0 atom stereocenters. The van der Waals surface area contributed by atoms with Crippen molar-refractivity contribution in [2.24, 2.45) is 0 Å². The molecule has 0 N–H and O–H groups in total. The maximum Gasteiger partial charge on any atom is 0.358 e. The molecule has 2 aromatic carbocycles. The number of methoxy groups -OCH3 is 4. The van der Waals surface area contributed by atoms with Crippen molar-refractivity contribution in [2.75, 3.05) is 28.4 Å². The van der Waals surface area contributed by atoms with Gasteiger partial charge in [0.15, 0.2) is 5.69 Å². The van der Waals surface area contributed by atoms with Crippen LogP contribution in [0.1, 0.15) is 21.6 Å². The zero-order valence-corrected chi connectivity index (χ0v) is 20.0. The lowest BCUT2D eigenvalue weighted by molar-refractivity contribution is -0.134. The Morgan fingerprint density at radius 1 is 0.824 bits per heavy atom. The molecule has 0 aliphatic rings. The number of rotatable bonds is 9. The highest BCUT2D eigenvalue weighted by Crippen LogP contribution is 2.38. The summed E-state index contributed by atoms with van der Waals surface area (Å²) in [5.41, 5.74) is 2.51. The van der Waals surface area contributed by atoms with Gasteiger partial charge in [-0.05, 0) is 53.4 Å². The van der Waals surface area contributed by atoms with Crippen LogP contribution in [-0.4, -0.2) is 50.2 Å². The lowest BCUT2D eigenvalue weighted by Crippen LogP contribution is -2.07. The van der Waals surface area contributed by atoms with Crippen molar-refractivity contribution in [3.8, 4) is 11.5 Å². The Balaban J connectivity index is 2.24. The van der Waals surface area contributed by atoms with Gasteiger partial charge < -0.3 is 18.9 Å². The summed E-state index contributed by atoms with van der Waals surface area (Å²) >= 11 is 1.31. The van der Waals surface area contributed by atoms with Gasteiger partial charge in [-0.15, -0.1) is 0 Å². The fraction of sp³-hybridized carbons (Fsp3) is 0.160. The predicted molar refractivity (Wildman–Crippen MR) is 131 cm³/mol. The lowest BCUT2D eigenvalue weighted by atomic mass is 10.1. The number of hydrogen-bond donors (Lipinski definition) is 0. The molecule has 0 bridgehead atoms. The minimum Gasteiger partial charge on any atom is -0.497 e. The molecule has 0 radical (unpaired) electrons. The van der Waals surface area contributed by atoms with E-state index in [4.69, 9.17) is 18.9 Å². The number of thioether (sulfide) groups is 1. The Bertz CT molecular complexity index is 1200. The minimum absolute atomic E-state index is 0.165. The van der Waals surface area contributed by atoms with E-state index in [9.17, 15) is 9.59 Å². The van der Waals surface area contributed by atoms with Gasteiger partial charge in [0.25, 0.3) is 0 Å². The molecular formula is C25H24N2O6S. The Hall–Kier alpha value is -3.98. The van der Waals surface area contributed by atoms with Gasteiger partial charge in [0, 0.05) is 22.7 Å². The van der Waals surface area contributed by atoms with Gasteiger partial charge in [-0.1, -0.05) is 23.9 Å². The Morgan fingerprint density at radius 2 is 1.41 bits per heavy atom. The van der Waals surface area contributed by atoms with Crippen molar-refractivity contribution >= 4 is 34.3 Å². The van der Waals surface area contributed by atoms with Crippen molar-refractivity contribution in [2.45, 2.75) is 0 Å². The lowest BCUT2D eigenvalue weighted by Gasteiger charge is -2.16. The summed E-state index contributed by atoms with van der Waals surface area (Å²) in [6.45, 7) is 0. The van der Waals surface area contributed by atoms with Gasteiger partial charge in [-0.3, -0.25) is 0 Å². The summed E-state index contributed by atoms with van der Waals surface area (Å²) in [5.74, 6) is 0.385. The van der Waals surface area contributed by atoms with Gasteiger partial charge in [-0.2, -0.15) is 5.10 Å². The summed E-state index contributed by atoms with van der Waals surface area (Å²) in [7, 11) is 5.81. The van der Waals surface area contributed by atoms with E-state index in [2.05, 4.69) is 5.10 Å². The molecular weight excluding hydrogens is 456 g/mol. The van der Waals surface area contributed by atoms with Crippen LogP contribution in [0.5, 0.6) is 11.5 Å². The molecule has 0 aliphatic heterocycles. The molecule has 3 aromatic rings. The molecule has 0 unspecified atom stereocenters. The second-order valence-electron chi connectivity index (χ2n) is 6.72. The van der Waals surface area contributed by atoms with Crippen LogP contribution in [0.4, 0.5) is 0 Å². The van der Waals surface area contributed by atoms with E-state index in [0.29, 0.717) is 17.2 Å². The predicted octanol–water partition coefficient (Wildman–Crippen LogP) is 4.48. The normalized spacial score (nSPS) is 11.6. The van der Waals surface area contributed by atoms with Crippen LogP contribution in [0.25, 0.3) is 10.6 Å². The van der Waals surface area contributed by atoms with Gasteiger partial charge in [-0.25, -0.2) is 14.3 Å². The maximum atomic E-state index is 12.0. The van der Waals surface area contributed by atoms with Crippen LogP contribution in [-0.2, 0) is 14.3 Å². The van der Waals surface area contributed by atoms with E-state index in [0.717, 1.165) is 16.0 Å². The molecule has 0 saturated carbocycles. The molecule has 0 fully saturated rings. The number of esters is 2. The number of hydrogen-bond acceptors (Lipinski definition) is 8. The average molecular weight is 481 g/mol. The fourth-order valence-corrected chi connectivity index (χ4v) is 3.92. The van der Waals surface area contributed by atoms with Crippen LogP contribution in [0.3, 0.4) is 0 Å². The van der Waals surface area contributed by atoms with Crippen LogP contribution in [0.15, 0.2) is 72.3 Å². The van der Waals surface area contributed by atoms with Crippen molar-refractivity contribution in [3.05, 3.63) is 89.1 Å². The average Bonchev–Trinajstić information content (AvgIpc) is 3.37. The smallest absolute Gasteiger partial charge is 0.358 e. The Labute approximate surface area is 201 Å². The maximum absolute atomic E-state index is 12.0. The van der Waals surface area contributed by atoms with Crippen molar-refractivity contribution in [1.29, 1.82) is 0 Å². The topological polar surface area (TPSA) is 88.9 Å². The summed E-state index contributed by atoms with van der Waals surface area (Å²) < 4.78 is 21.7. The van der Waals surface area contributed by atoms with E-state index in [1.165, 1.54) is 32.1 Å². The van der Waals surface area contributed by atoms with E-state index in [-0.39, 0.29) is 5.69 Å². The molecule has 0 saturated heterocycles. The van der Waals surface area contributed by atoms with E-state index in [1.54, 1.807) is 36.6 Å². The highest BCUT2D eigenvalue weighted by Gasteiger charge is 2.18. The molecule has 9 heteroatoms. The molecule has 0 spiro atoms. The fourth-order valence-electron chi connectivity index (χ4n) is 3.01. The second-order valence-corrected chi connectivity index (χ2v) is 7.63. The van der Waals surface area contributed by atoms with Gasteiger partial charge in [0.2, 0.25) is 0 Å². The number of aromatic nitrogens is 2. The third-order valence-electron chi connectivity index (χ3n) is 4.73. The van der Waals surface area contributed by atoms with E-state index < -0.39 is 11.9 Å². The first-order valence-electron chi connectivity index (χ1n) is 10.1. The van der Waals surface area contributed by atoms with Crippen LogP contribution in [0, 0.1) is 0 Å². The number of nitrogens with zero attached hydrogens (tertiary/aromatic N) is 2. The molecule has 8 nitrogen and oxygen atoms in total. The van der Waals surface area contributed by atoms with Gasteiger partial charge >= 0.3 is 11.9 Å². The van der Waals surface area contributed by atoms with Crippen molar-refractivity contribution in [1.82, 2.24) is 9.78 Å². The highest BCUT2D eigenvalue weighted by molar-refractivity contribution is 8.11. The first-order chi connectivity index (χ1) is 16.5. The Morgan fingerprint density at radius 3 is 1.94 bits per heavy atom. The quantitative estimate of drug-likeness (QED) is 0.252. The van der Waals surface area contributed by atoms with Crippen molar-refractivity contribution < 1.29 is 28.5 Å². The van der Waals surface area contributed by atoms with Crippen LogP contribution >= 0.6 is 11.8 Å². The number of carbonyl (C=O) groups excluding carboxylic acids is 2. The monoisotopic (exact) mass is 480 g/mol. The summed E-state index contributed by atoms with van der Waals surface area (Å²) in [6.07, 6.45) is 3.02. The largest absolute Gasteiger partial charge is 0.497 e. The molecule has 34 heavy (non-hydrogen) atoms. The summed E-state index contributed by atoms with van der Waals surface area (Å²) in [6, 6.07) is 16.5. The second kappa shape index (κ2) is 11.8. The standard InChI is InChI=1S/C25H24N2O6S/c1-30-19-9-5-17(6-10-19)23(27-15-13-21(26-27)25(29)33-4)24(34-16-14-22(28)32-3)18-7-11-20(31-2)12-8-18/h5-16H,1-4H3/b16-14-,24-23-. The van der Waals surface area contributed by atoms with Crippen LogP contribution < -0.4 is 9.47 Å². The molecule has 1 aromatic heterocycles. The highest BCUT2D eigenvalue weighted by atomic mass is 32.2. The SMILES string of the molecule is COC(=O)/C=C\S/C(=C(/c1ccc(OC)cc1)n1ccc(C(=O)OC)n1)c1ccc(OC)cc1. The number of ether oxygens (including phenoxy) is 4. The summed E-state index contributed by atoms with van der Waals surface area (Å²) in [5, 5.41) is 6.08. The molecule has 0 amide bonds. The summed E-state index contributed by atoms with van der Waals surface area (Å²) in [4.78, 5) is 24.5. The Kier molecular flexibility index (Phi) is 8.53. The number of benzene rings is 2. The van der Waals surface area contributed by atoms with E-state index >= 15 is 0 Å². The molecule has 0 aliphatic carbocycles. The minimum atomic E-state index is -0.544. The first kappa shape index (κ1) is 24.7. The first-order valence-corrected chi connectivity index (χ1v) is 11.0. The molecule has 3 rings (SSSR count). The molecule has 1 heterocycles. The third kappa shape index (κ3) is 5.87. The third-order valence-corrected chi connectivity index (χ3v) is 5.67. The van der Waals surface area contributed by atoms with Crippen LogP contribution in [0.2, 0.25) is 0 Å². The zero-order valence-electron chi connectivity index (χ0n) is 19.2. The zero-order chi connectivity index (χ0) is 24.5. The van der Waals surface area contributed by atoms with Crippen molar-refractivity contribution in [3.63, 3.8) is 0 Å². The van der Waals surface area contributed by atoms with Gasteiger partial charge in [0.05, 0.1) is 34.1 Å². The molecule has 176 valence electrons.